The summed E-state index contributed by atoms with van der Waals surface area (Å²) in [5.74, 6) is -1.87. The van der Waals surface area contributed by atoms with Gasteiger partial charge in [-0.15, -0.1) is 6.58 Å². The van der Waals surface area contributed by atoms with E-state index in [4.69, 9.17) is 0 Å². The summed E-state index contributed by atoms with van der Waals surface area (Å²) in [6.07, 6.45) is 1.70. The molecule has 1 rings (SSSR count). The molecule has 96 valence electrons. The van der Waals surface area contributed by atoms with Crippen LogP contribution in [0.4, 0.5) is 0 Å². The number of carbonyl (C=O) groups is 2. The Hall–Kier alpha value is -1.90. The van der Waals surface area contributed by atoms with Crippen molar-refractivity contribution in [2.45, 2.75) is 19.3 Å². The maximum Gasteiger partial charge on any atom is 0.374 e. The summed E-state index contributed by atoms with van der Waals surface area (Å²) in [5, 5.41) is 0. The highest BCUT2D eigenvalue weighted by atomic mass is 16.5. The molecule has 0 saturated carbocycles. The molecule has 1 aromatic rings. The maximum absolute atomic E-state index is 11.9. The highest BCUT2D eigenvalue weighted by Crippen LogP contribution is 2.33. The molecule has 0 aliphatic carbocycles. The van der Waals surface area contributed by atoms with E-state index in [0.717, 1.165) is 5.56 Å². The molecule has 3 heteroatoms. The van der Waals surface area contributed by atoms with Crippen LogP contribution in [0.2, 0.25) is 0 Å². The van der Waals surface area contributed by atoms with Crippen molar-refractivity contribution >= 4 is 11.8 Å². The molecule has 0 aliphatic heterocycles. The molecule has 0 fully saturated rings. The van der Waals surface area contributed by atoms with Gasteiger partial charge in [0, 0.05) is 11.3 Å². The van der Waals surface area contributed by atoms with Gasteiger partial charge in [-0.25, -0.2) is 4.79 Å². The number of hydrogen-bond donors (Lipinski definition) is 0. The first-order chi connectivity index (χ1) is 8.47. The van der Waals surface area contributed by atoms with E-state index in [1.165, 1.54) is 7.11 Å². The Bertz CT molecular complexity index is 450. The fraction of sp³-hybridized carbons (Fsp3) is 0.333. The number of carbonyl (C=O) groups excluding carboxylic acids is 2. The van der Waals surface area contributed by atoms with Crippen LogP contribution in [0.25, 0.3) is 0 Å². The minimum absolute atomic E-state index is 0.523. The molecule has 0 saturated heterocycles. The Morgan fingerprint density at radius 2 is 1.89 bits per heavy atom. The van der Waals surface area contributed by atoms with E-state index in [1.54, 1.807) is 13.0 Å². The molecule has 18 heavy (non-hydrogen) atoms. The summed E-state index contributed by atoms with van der Waals surface area (Å²) in [7, 11) is 1.21. The SMILES string of the molecule is C=C[C@](C)(c1ccccc1)[C@H](C)C(=O)C(=O)OC. The predicted octanol–water partition coefficient (Wildman–Crippen LogP) is 2.51. The lowest BCUT2D eigenvalue weighted by Gasteiger charge is -2.31. The Balaban J connectivity index is 3.13. The van der Waals surface area contributed by atoms with Crippen LogP contribution in [0, 0.1) is 5.92 Å². The minimum Gasteiger partial charge on any atom is -0.463 e. The van der Waals surface area contributed by atoms with Crippen molar-refractivity contribution in [2.24, 2.45) is 5.92 Å². The van der Waals surface area contributed by atoms with Crippen LogP contribution in [0.5, 0.6) is 0 Å². The van der Waals surface area contributed by atoms with Crippen molar-refractivity contribution < 1.29 is 14.3 Å². The van der Waals surface area contributed by atoms with Crippen molar-refractivity contribution in [2.75, 3.05) is 7.11 Å². The maximum atomic E-state index is 11.9. The molecule has 0 aromatic heterocycles. The third-order valence-electron chi connectivity index (χ3n) is 3.50. The number of Topliss-reactive ketones (excluding diaryl/α,β-unsaturated/α-hetero) is 1. The molecule has 1 aromatic carbocycles. The molecule has 0 unspecified atom stereocenters. The van der Waals surface area contributed by atoms with Crippen LogP contribution in [-0.2, 0) is 19.7 Å². The molecule has 0 heterocycles. The second-order valence-corrected chi connectivity index (χ2v) is 4.43. The van der Waals surface area contributed by atoms with Gasteiger partial charge < -0.3 is 4.74 Å². The van der Waals surface area contributed by atoms with E-state index >= 15 is 0 Å². The third kappa shape index (κ3) is 2.50. The molecule has 0 N–H and O–H groups in total. The standard InChI is InChI=1S/C15H18O3/c1-5-15(3,12-9-7-6-8-10-12)11(2)13(16)14(17)18-4/h5-11H,1H2,2-4H3/t11-,15+/m1/s1. The Morgan fingerprint density at radius 1 is 1.33 bits per heavy atom. The summed E-state index contributed by atoms with van der Waals surface area (Å²) >= 11 is 0. The fourth-order valence-corrected chi connectivity index (χ4v) is 1.89. The van der Waals surface area contributed by atoms with Gasteiger partial charge in [0.15, 0.2) is 0 Å². The lowest BCUT2D eigenvalue weighted by Crippen LogP contribution is -2.37. The zero-order valence-corrected chi connectivity index (χ0v) is 11.0. The lowest BCUT2D eigenvalue weighted by atomic mass is 9.71. The summed E-state index contributed by atoms with van der Waals surface area (Å²) in [5.41, 5.74) is 0.358. The lowest BCUT2D eigenvalue weighted by molar-refractivity contribution is -0.154. The highest BCUT2D eigenvalue weighted by molar-refractivity contribution is 6.34. The Morgan fingerprint density at radius 3 is 2.33 bits per heavy atom. The molecule has 2 atom stereocenters. The van der Waals surface area contributed by atoms with Crippen LogP contribution < -0.4 is 0 Å². The van der Waals surface area contributed by atoms with Gasteiger partial charge >= 0.3 is 5.97 Å². The van der Waals surface area contributed by atoms with Gasteiger partial charge in [-0.3, -0.25) is 4.79 Å². The van der Waals surface area contributed by atoms with E-state index in [9.17, 15) is 9.59 Å². The highest BCUT2D eigenvalue weighted by Gasteiger charge is 2.37. The molecular formula is C15H18O3. The predicted molar refractivity (Wildman–Crippen MR) is 70.2 cm³/mol. The number of allylic oxidation sites excluding steroid dienone is 1. The Labute approximate surface area is 107 Å². The van der Waals surface area contributed by atoms with Gasteiger partial charge in [-0.1, -0.05) is 50.3 Å². The third-order valence-corrected chi connectivity index (χ3v) is 3.50. The molecule has 0 aliphatic rings. The average molecular weight is 246 g/mol. The number of ether oxygens (including phenoxy) is 1. The number of hydrogen-bond acceptors (Lipinski definition) is 3. The van der Waals surface area contributed by atoms with Crippen LogP contribution in [0.15, 0.2) is 43.0 Å². The van der Waals surface area contributed by atoms with Crippen molar-refractivity contribution in [1.82, 2.24) is 0 Å². The average Bonchev–Trinajstić information content (AvgIpc) is 2.44. The minimum atomic E-state index is -0.813. The van der Waals surface area contributed by atoms with E-state index in [1.807, 2.05) is 37.3 Å². The topological polar surface area (TPSA) is 43.4 Å². The van der Waals surface area contributed by atoms with Crippen molar-refractivity contribution in [1.29, 1.82) is 0 Å². The largest absolute Gasteiger partial charge is 0.463 e. The fourth-order valence-electron chi connectivity index (χ4n) is 1.89. The van der Waals surface area contributed by atoms with E-state index in [0.29, 0.717) is 0 Å². The van der Waals surface area contributed by atoms with Gasteiger partial charge in [0.25, 0.3) is 0 Å². The summed E-state index contributed by atoms with van der Waals surface area (Å²) in [6, 6.07) is 9.53. The first kappa shape index (κ1) is 14.2. The second kappa shape index (κ2) is 5.63. The van der Waals surface area contributed by atoms with Crippen LogP contribution in [-0.4, -0.2) is 18.9 Å². The molecule has 0 spiro atoms. The zero-order valence-electron chi connectivity index (χ0n) is 11.0. The molecule has 3 nitrogen and oxygen atoms in total. The van der Waals surface area contributed by atoms with Gasteiger partial charge in [-0.05, 0) is 5.56 Å². The number of benzene rings is 1. The van der Waals surface area contributed by atoms with Crippen LogP contribution in [0.3, 0.4) is 0 Å². The normalized spacial score (nSPS) is 15.3. The molecule has 0 amide bonds. The van der Waals surface area contributed by atoms with Gasteiger partial charge in [-0.2, -0.15) is 0 Å². The van der Waals surface area contributed by atoms with Crippen LogP contribution >= 0.6 is 0 Å². The second-order valence-electron chi connectivity index (χ2n) is 4.43. The van der Waals surface area contributed by atoms with Gasteiger partial charge in [0.1, 0.15) is 0 Å². The van der Waals surface area contributed by atoms with Gasteiger partial charge in [0.2, 0.25) is 5.78 Å². The van der Waals surface area contributed by atoms with E-state index in [2.05, 4.69) is 11.3 Å². The van der Waals surface area contributed by atoms with Crippen molar-refractivity contribution in [3.63, 3.8) is 0 Å². The zero-order chi connectivity index (χ0) is 13.8. The first-order valence-electron chi connectivity index (χ1n) is 5.78. The quantitative estimate of drug-likeness (QED) is 0.455. The number of ketones is 1. The smallest absolute Gasteiger partial charge is 0.374 e. The summed E-state index contributed by atoms with van der Waals surface area (Å²) in [6.45, 7) is 7.40. The van der Waals surface area contributed by atoms with Crippen molar-refractivity contribution in [3.8, 4) is 0 Å². The first-order valence-corrected chi connectivity index (χ1v) is 5.78. The van der Waals surface area contributed by atoms with Gasteiger partial charge in [0.05, 0.1) is 7.11 Å². The van der Waals surface area contributed by atoms with E-state index in [-0.39, 0.29) is 0 Å². The number of rotatable bonds is 5. The molecule has 0 radical (unpaired) electrons. The van der Waals surface area contributed by atoms with E-state index < -0.39 is 23.1 Å². The Kier molecular flexibility index (Phi) is 4.43. The summed E-state index contributed by atoms with van der Waals surface area (Å²) in [4.78, 5) is 23.3. The molecule has 0 bridgehead atoms. The number of esters is 1. The monoisotopic (exact) mass is 246 g/mol. The van der Waals surface area contributed by atoms with Crippen molar-refractivity contribution in [3.05, 3.63) is 48.6 Å². The number of methoxy groups -OCH3 is 1. The molecular weight excluding hydrogens is 228 g/mol. The van der Waals surface area contributed by atoms with Crippen LogP contribution in [0.1, 0.15) is 19.4 Å². The summed E-state index contributed by atoms with van der Waals surface area (Å²) < 4.78 is 4.49.